The first-order valence-corrected chi connectivity index (χ1v) is 12.8. The van der Waals surface area contributed by atoms with Crippen LogP contribution in [0.5, 0.6) is 0 Å². The van der Waals surface area contributed by atoms with E-state index in [9.17, 15) is 14.4 Å². The summed E-state index contributed by atoms with van der Waals surface area (Å²) < 4.78 is 1.59. The van der Waals surface area contributed by atoms with Crippen molar-refractivity contribution in [2.75, 3.05) is 17.7 Å². The number of imide groups is 1. The van der Waals surface area contributed by atoms with Gasteiger partial charge in [-0.15, -0.1) is 0 Å². The number of anilines is 2. The fourth-order valence-corrected chi connectivity index (χ4v) is 4.93. The van der Waals surface area contributed by atoms with Crippen LogP contribution in [0.1, 0.15) is 48.2 Å². The van der Waals surface area contributed by atoms with Crippen molar-refractivity contribution in [3.63, 3.8) is 0 Å². The number of amides is 4. The predicted octanol–water partition coefficient (Wildman–Crippen LogP) is 3.30. The standard InChI is InChI=1S/C28H35N7O3/c1-6-7-23(20-10-8-17(2)9-11-20)32-28(38)35-25(27(37)34(5)21-15-30-33(4)16-21)22(26(35)36)13-19-12-18(3)31-24(29)14-19/h8-12,14-16,22-23,25H,6-7,13H2,1-5H3,(H2,29,31)(H,32,38)/t22-,23-,25+/m1/s1. The second kappa shape index (κ2) is 11.0. The number of likely N-dealkylation sites (N-methyl/N-ethyl adjacent to an activating group) is 1. The number of carbonyl (C=O) groups is 3. The highest BCUT2D eigenvalue weighted by Gasteiger charge is 2.55. The molecule has 2 aromatic heterocycles. The third kappa shape index (κ3) is 5.53. The predicted molar refractivity (Wildman–Crippen MR) is 145 cm³/mol. The van der Waals surface area contributed by atoms with Crippen LogP contribution in [-0.4, -0.2) is 50.6 Å². The van der Waals surface area contributed by atoms with Crippen molar-refractivity contribution in [1.82, 2.24) is 25.0 Å². The Labute approximate surface area is 222 Å². The van der Waals surface area contributed by atoms with Crippen molar-refractivity contribution < 1.29 is 14.4 Å². The second-order valence-corrected chi connectivity index (χ2v) is 9.98. The maximum Gasteiger partial charge on any atom is 0.325 e. The summed E-state index contributed by atoms with van der Waals surface area (Å²) in [5.41, 5.74) is 10.1. The molecule has 1 fully saturated rings. The monoisotopic (exact) mass is 517 g/mol. The zero-order chi connectivity index (χ0) is 27.6. The van der Waals surface area contributed by atoms with Crippen molar-refractivity contribution in [2.45, 2.75) is 52.1 Å². The van der Waals surface area contributed by atoms with Crippen molar-refractivity contribution in [3.05, 3.63) is 71.2 Å². The van der Waals surface area contributed by atoms with Gasteiger partial charge in [-0.05, 0) is 49.9 Å². The summed E-state index contributed by atoms with van der Waals surface area (Å²) in [6, 6.07) is 9.65. The smallest absolute Gasteiger partial charge is 0.325 e. The minimum atomic E-state index is -0.970. The molecular formula is C28H35N7O3. The molecule has 3 atom stereocenters. The van der Waals surface area contributed by atoms with Crippen LogP contribution in [0, 0.1) is 19.8 Å². The third-order valence-corrected chi connectivity index (χ3v) is 6.94. The van der Waals surface area contributed by atoms with Gasteiger partial charge in [-0.3, -0.25) is 19.2 Å². The summed E-state index contributed by atoms with van der Waals surface area (Å²) in [6.07, 6.45) is 5.08. The molecule has 1 aromatic carbocycles. The average Bonchev–Trinajstić information content (AvgIpc) is 3.30. The SMILES string of the molecule is CCC[C@@H](NC(=O)N1C(=O)[C@H](Cc2cc(C)nc(N)c2)[C@H]1C(=O)N(C)c1cnn(C)c1)c1ccc(C)cc1. The molecule has 10 nitrogen and oxygen atoms in total. The highest BCUT2D eigenvalue weighted by molar-refractivity contribution is 6.12. The molecule has 38 heavy (non-hydrogen) atoms. The van der Waals surface area contributed by atoms with Crippen molar-refractivity contribution in [2.24, 2.45) is 13.0 Å². The Bertz CT molecular complexity index is 1310. The van der Waals surface area contributed by atoms with E-state index in [0.717, 1.165) is 33.7 Å². The number of nitrogens with zero attached hydrogens (tertiary/aromatic N) is 5. The quantitative estimate of drug-likeness (QED) is 0.442. The Hall–Kier alpha value is -4.21. The Morgan fingerprint density at radius 1 is 1.18 bits per heavy atom. The fourth-order valence-electron chi connectivity index (χ4n) is 4.93. The first kappa shape index (κ1) is 26.8. The number of pyridine rings is 1. The Morgan fingerprint density at radius 2 is 1.89 bits per heavy atom. The largest absolute Gasteiger partial charge is 0.384 e. The molecule has 1 aliphatic heterocycles. The van der Waals surface area contributed by atoms with Gasteiger partial charge in [0.05, 0.1) is 23.8 Å². The third-order valence-electron chi connectivity index (χ3n) is 6.94. The molecule has 0 bridgehead atoms. The summed E-state index contributed by atoms with van der Waals surface area (Å²) in [6.45, 7) is 5.86. The molecule has 3 heterocycles. The highest BCUT2D eigenvalue weighted by Crippen LogP contribution is 2.33. The number of hydrogen-bond acceptors (Lipinski definition) is 6. The van der Waals surface area contributed by atoms with Crippen LogP contribution >= 0.6 is 0 Å². The molecule has 10 heteroatoms. The molecule has 3 aromatic rings. The lowest BCUT2D eigenvalue weighted by Crippen LogP contribution is -2.70. The van der Waals surface area contributed by atoms with E-state index in [1.807, 2.05) is 51.1 Å². The number of nitrogens with one attached hydrogen (secondary N) is 1. The maximum absolute atomic E-state index is 13.7. The van der Waals surface area contributed by atoms with Gasteiger partial charge < -0.3 is 16.0 Å². The number of benzene rings is 1. The Morgan fingerprint density at radius 3 is 2.50 bits per heavy atom. The molecule has 0 saturated carbocycles. The van der Waals surface area contributed by atoms with Gasteiger partial charge in [-0.25, -0.2) is 9.78 Å². The number of hydrogen-bond donors (Lipinski definition) is 2. The number of β-lactam (4-membered cyclic amide) rings is 1. The molecule has 0 unspecified atom stereocenters. The lowest BCUT2D eigenvalue weighted by molar-refractivity contribution is -0.156. The molecule has 0 aliphatic carbocycles. The van der Waals surface area contributed by atoms with E-state index in [-0.39, 0.29) is 18.4 Å². The van der Waals surface area contributed by atoms with Gasteiger partial charge in [0.15, 0.2) is 0 Å². The van der Waals surface area contributed by atoms with Crippen LogP contribution in [0.4, 0.5) is 16.3 Å². The lowest BCUT2D eigenvalue weighted by atomic mass is 9.81. The summed E-state index contributed by atoms with van der Waals surface area (Å²) in [7, 11) is 3.38. The fraction of sp³-hybridized carbons (Fsp3) is 0.393. The topological polar surface area (TPSA) is 126 Å². The normalized spacial score (nSPS) is 17.6. The average molecular weight is 518 g/mol. The van der Waals surface area contributed by atoms with E-state index >= 15 is 0 Å². The minimum absolute atomic E-state index is 0.268. The molecule has 0 radical (unpaired) electrons. The van der Waals surface area contributed by atoms with Gasteiger partial charge in [0, 0.05) is 26.0 Å². The molecule has 4 amide bonds. The Kier molecular flexibility index (Phi) is 7.80. The number of aryl methyl sites for hydroxylation is 3. The molecular weight excluding hydrogens is 482 g/mol. The summed E-state index contributed by atoms with van der Waals surface area (Å²) in [5.74, 6) is -1.12. The van der Waals surface area contributed by atoms with Crippen LogP contribution < -0.4 is 16.0 Å². The van der Waals surface area contributed by atoms with Crippen LogP contribution in [0.2, 0.25) is 0 Å². The zero-order valence-electron chi connectivity index (χ0n) is 22.5. The lowest BCUT2D eigenvalue weighted by Gasteiger charge is -2.46. The van der Waals surface area contributed by atoms with Crippen LogP contribution in [0.15, 0.2) is 48.8 Å². The van der Waals surface area contributed by atoms with Gasteiger partial charge in [0.1, 0.15) is 11.9 Å². The van der Waals surface area contributed by atoms with E-state index in [4.69, 9.17) is 5.73 Å². The maximum atomic E-state index is 13.7. The van der Waals surface area contributed by atoms with Crippen LogP contribution in [0.25, 0.3) is 0 Å². The van der Waals surface area contributed by atoms with Gasteiger partial charge in [0.2, 0.25) is 5.91 Å². The summed E-state index contributed by atoms with van der Waals surface area (Å²) in [5, 5.41) is 7.15. The van der Waals surface area contributed by atoms with Gasteiger partial charge in [-0.2, -0.15) is 5.10 Å². The highest BCUT2D eigenvalue weighted by atomic mass is 16.2. The number of likely N-dealkylation sites (tertiary alicyclic amines) is 1. The first-order chi connectivity index (χ1) is 18.1. The minimum Gasteiger partial charge on any atom is -0.384 e. The Balaban J connectivity index is 1.61. The van der Waals surface area contributed by atoms with Crippen molar-refractivity contribution >= 4 is 29.4 Å². The molecule has 1 saturated heterocycles. The first-order valence-electron chi connectivity index (χ1n) is 12.8. The number of carbonyl (C=O) groups excluding carboxylic acids is 3. The molecule has 200 valence electrons. The van der Waals surface area contributed by atoms with E-state index in [2.05, 4.69) is 15.4 Å². The van der Waals surface area contributed by atoms with Crippen molar-refractivity contribution in [3.8, 4) is 0 Å². The summed E-state index contributed by atoms with van der Waals surface area (Å²) in [4.78, 5) is 47.3. The number of urea groups is 1. The van der Waals surface area contributed by atoms with E-state index in [0.29, 0.717) is 17.9 Å². The number of rotatable bonds is 8. The van der Waals surface area contributed by atoms with Gasteiger partial charge in [0.25, 0.3) is 5.91 Å². The number of aromatic nitrogens is 3. The molecule has 3 N–H and O–H groups in total. The van der Waals surface area contributed by atoms with E-state index in [1.54, 1.807) is 37.2 Å². The molecule has 0 spiro atoms. The van der Waals surface area contributed by atoms with Crippen LogP contribution in [0.3, 0.4) is 0 Å². The number of nitrogens with two attached hydrogens (primary N) is 1. The second-order valence-electron chi connectivity index (χ2n) is 9.98. The zero-order valence-corrected chi connectivity index (χ0v) is 22.5. The molecule has 4 rings (SSSR count). The van der Waals surface area contributed by atoms with E-state index < -0.39 is 23.9 Å². The van der Waals surface area contributed by atoms with Gasteiger partial charge >= 0.3 is 6.03 Å². The van der Waals surface area contributed by atoms with E-state index in [1.165, 1.54) is 4.90 Å². The summed E-state index contributed by atoms with van der Waals surface area (Å²) >= 11 is 0. The number of nitrogen functional groups attached to an aromatic ring is 1. The van der Waals surface area contributed by atoms with Gasteiger partial charge in [-0.1, -0.05) is 43.2 Å². The molecule has 1 aliphatic rings. The van der Waals surface area contributed by atoms with Crippen molar-refractivity contribution in [1.29, 1.82) is 0 Å². The van der Waals surface area contributed by atoms with Crippen LogP contribution in [-0.2, 0) is 23.1 Å².